The SMILES string of the molecule is CC(C)(CCC#N)CN(CC(O)[C@H](Cc1ccccc1)NC(=O)OC1COC2OCCC12)S(=O)(=O)c1ccc([N+](=O)[O-])cc1.CC(C)CN(CC(C)(C)CCCN)S(=O)(=O)c1ccc(N)cc1. The van der Waals surface area contributed by atoms with Gasteiger partial charge in [0.05, 0.1) is 52.1 Å². The molecule has 67 heavy (non-hydrogen) atoms. The zero-order valence-corrected chi connectivity index (χ0v) is 41.1. The van der Waals surface area contributed by atoms with Crippen molar-refractivity contribution >= 4 is 37.5 Å². The summed E-state index contributed by atoms with van der Waals surface area (Å²) in [7, 11) is -7.79. The number of nitrogen functional groups attached to an aromatic ring is 1. The molecule has 5 atom stereocenters. The van der Waals surface area contributed by atoms with Gasteiger partial charge in [0.15, 0.2) is 6.29 Å². The first-order valence-electron chi connectivity index (χ1n) is 22.6. The molecular formula is C47H69N7O11S2. The average molecular weight is 972 g/mol. The summed E-state index contributed by atoms with van der Waals surface area (Å²) in [4.78, 5) is 23.7. The van der Waals surface area contributed by atoms with Crippen LogP contribution in [0.2, 0.25) is 0 Å². The van der Waals surface area contributed by atoms with E-state index in [1.807, 2.05) is 58.0 Å². The number of non-ortho nitro benzene ring substituents is 1. The maximum absolute atomic E-state index is 13.9. The molecule has 3 aromatic carbocycles. The highest BCUT2D eigenvalue weighted by Gasteiger charge is 2.44. The number of aliphatic hydroxyl groups is 1. The molecule has 2 fully saturated rings. The Balaban J connectivity index is 0.000000359. The first-order valence-corrected chi connectivity index (χ1v) is 25.5. The molecule has 2 aliphatic heterocycles. The van der Waals surface area contributed by atoms with E-state index < -0.39 is 67.6 Å². The second kappa shape index (κ2) is 24.5. The lowest BCUT2D eigenvalue weighted by Gasteiger charge is -2.34. The molecule has 0 radical (unpaired) electrons. The zero-order chi connectivity index (χ0) is 49.6. The van der Waals surface area contributed by atoms with Gasteiger partial charge in [0.2, 0.25) is 20.0 Å². The molecule has 0 bridgehead atoms. The van der Waals surface area contributed by atoms with Crippen LogP contribution in [0.5, 0.6) is 0 Å². The number of aliphatic hydroxyl groups excluding tert-OH is 1. The monoisotopic (exact) mass is 971 g/mol. The van der Waals surface area contributed by atoms with Crippen molar-refractivity contribution in [1.29, 1.82) is 5.26 Å². The van der Waals surface area contributed by atoms with Crippen LogP contribution in [-0.4, -0.2) is 112 Å². The second-order valence-electron chi connectivity index (χ2n) is 19.2. The number of fused-ring (bicyclic) bond motifs is 1. The summed E-state index contributed by atoms with van der Waals surface area (Å²) in [5.74, 6) is 0.167. The average Bonchev–Trinajstić information content (AvgIpc) is 3.90. The standard InChI is InChI=1S/C30H38N4O9S.C17H31N3O2S/c1-30(2,14-6-15-31)20-33(44(39,40)23-11-9-22(10-12-23)34(37)38)18-26(35)25(17-21-7-4-3-5-8-21)32-29(36)43-27-19-42-28-24(27)13-16-41-28;1-14(2)12-20(13-17(3,4)10-5-11-18)23(21,22)16-8-6-15(19)7-9-16/h3-5,7-12,24-28,35H,6,13-14,16-20H2,1-2H3,(H,32,36);6-9,14H,5,10-13,18-19H2,1-4H3/t24?,25-,26?,27?,28?;/m0./s1. The number of alkyl carbamates (subject to hydrolysis) is 1. The molecule has 0 aliphatic carbocycles. The van der Waals surface area contributed by atoms with Crippen molar-refractivity contribution in [3.63, 3.8) is 0 Å². The Labute approximate surface area is 396 Å². The third-order valence-electron chi connectivity index (χ3n) is 11.7. The topological polar surface area (TPSA) is 271 Å². The molecule has 4 unspecified atom stereocenters. The number of nitriles is 1. The molecule has 18 nitrogen and oxygen atoms in total. The van der Waals surface area contributed by atoms with E-state index in [0.717, 1.165) is 47.0 Å². The molecule has 3 aromatic rings. The van der Waals surface area contributed by atoms with Crippen LogP contribution in [0, 0.1) is 44.1 Å². The fourth-order valence-corrected chi connectivity index (χ4v) is 11.5. The molecule has 0 saturated carbocycles. The van der Waals surface area contributed by atoms with E-state index in [-0.39, 0.29) is 53.8 Å². The Hall–Kier alpha value is -4.72. The van der Waals surface area contributed by atoms with Gasteiger partial charge in [-0.05, 0) is 97.4 Å². The van der Waals surface area contributed by atoms with Gasteiger partial charge in [-0.3, -0.25) is 10.1 Å². The minimum absolute atomic E-state index is 0.0595. The number of amides is 1. The van der Waals surface area contributed by atoms with Crippen LogP contribution < -0.4 is 16.8 Å². The number of nitrogens with one attached hydrogen (secondary N) is 1. The van der Waals surface area contributed by atoms with Crippen molar-refractivity contribution in [2.24, 2.45) is 28.4 Å². The molecule has 370 valence electrons. The number of nitrogens with two attached hydrogens (primary N) is 2. The van der Waals surface area contributed by atoms with Gasteiger partial charge in [0.25, 0.3) is 5.69 Å². The van der Waals surface area contributed by atoms with Gasteiger partial charge >= 0.3 is 6.09 Å². The lowest BCUT2D eigenvalue weighted by Crippen LogP contribution is -2.52. The van der Waals surface area contributed by atoms with E-state index in [4.69, 9.17) is 30.9 Å². The number of nitrogens with zero attached hydrogens (tertiary/aromatic N) is 4. The maximum Gasteiger partial charge on any atom is 0.407 e. The van der Waals surface area contributed by atoms with E-state index in [1.54, 1.807) is 28.6 Å². The largest absolute Gasteiger partial charge is 0.443 e. The van der Waals surface area contributed by atoms with Gasteiger partial charge in [0, 0.05) is 50.4 Å². The van der Waals surface area contributed by atoms with Crippen molar-refractivity contribution in [2.45, 2.75) is 114 Å². The summed E-state index contributed by atoms with van der Waals surface area (Å²) in [6.07, 6.45) is 0.154. The number of anilines is 1. The molecule has 1 amide bonds. The number of carbonyl (C=O) groups is 1. The summed E-state index contributed by atoms with van der Waals surface area (Å²) in [5, 5.41) is 34.5. The Morgan fingerprint density at radius 3 is 2.04 bits per heavy atom. The number of ether oxygens (including phenoxy) is 3. The van der Waals surface area contributed by atoms with Gasteiger partial charge in [0.1, 0.15) is 6.10 Å². The van der Waals surface area contributed by atoms with Gasteiger partial charge in [-0.1, -0.05) is 71.9 Å². The van der Waals surface area contributed by atoms with Crippen molar-refractivity contribution < 1.29 is 45.9 Å². The van der Waals surface area contributed by atoms with Gasteiger partial charge < -0.3 is 36.1 Å². The van der Waals surface area contributed by atoms with Crippen LogP contribution in [-0.2, 0) is 40.7 Å². The lowest BCUT2D eigenvalue weighted by molar-refractivity contribution is -0.384. The van der Waals surface area contributed by atoms with Crippen LogP contribution >= 0.6 is 0 Å². The van der Waals surface area contributed by atoms with Crippen LogP contribution in [0.15, 0.2) is 88.7 Å². The first kappa shape index (κ1) is 54.9. The zero-order valence-electron chi connectivity index (χ0n) is 39.5. The van der Waals surface area contributed by atoms with Crippen molar-refractivity contribution in [3.8, 4) is 6.07 Å². The fourth-order valence-electron chi connectivity index (χ4n) is 8.03. The van der Waals surface area contributed by atoms with E-state index in [9.17, 15) is 36.9 Å². The number of carbonyl (C=O) groups excluding carboxylic acids is 1. The number of nitro groups is 1. The van der Waals surface area contributed by atoms with E-state index >= 15 is 0 Å². The van der Waals surface area contributed by atoms with Crippen LogP contribution in [0.25, 0.3) is 0 Å². The summed E-state index contributed by atoms with van der Waals surface area (Å²) in [6.45, 7) is 13.7. The molecular weight excluding hydrogens is 903 g/mol. The fraction of sp³-hybridized carbons (Fsp3) is 0.574. The highest BCUT2D eigenvalue weighted by molar-refractivity contribution is 7.89. The smallest absolute Gasteiger partial charge is 0.407 e. The first-order chi connectivity index (χ1) is 31.5. The van der Waals surface area contributed by atoms with Gasteiger partial charge in [-0.2, -0.15) is 13.9 Å². The highest BCUT2D eigenvalue weighted by Crippen LogP contribution is 2.34. The van der Waals surface area contributed by atoms with E-state index in [1.165, 1.54) is 0 Å². The normalized spacial score (nSPS) is 18.4. The lowest BCUT2D eigenvalue weighted by atomic mass is 9.87. The molecule has 2 heterocycles. The number of hydrogen-bond donors (Lipinski definition) is 4. The third-order valence-corrected chi connectivity index (χ3v) is 15.3. The Bertz CT molecular complexity index is 2310. The summed E-state index contributed by atoms with van der Waals surface area (Å²) in [6, 6.07) is 21.2. The van der Waals surface area contributed by atoms with E-state index in [0.29, 0.717) is 49.7 Å². The van der Waals surface area contributed by atoms with Crippen molar-refractivity contribution in [2.75, 3.05) is 51.7 Å². The second-order valence-corrected chi connectivity index (χ2v) is 23.0. The molecule has 0 spiro atoms. The van der Waals surface area contributed by atoms with Crippen LogP contribution in [0.3, 0.4) is 0 Å². The van der Waals surface area contributed by atoms with Gasteiger partial charge in [-0.25, -0.2) is 21.6 Å². The molecule has 2 saturated heterocycles. The van der Waals surface area contributed by atoms with Crippen molar-refractivity contribution in [3.05, 3.63) is 94.5 Å². The van der Waals surface area contributed by atoms with Crippen LogP contribution in [0.1, 0.15) is 79.2 Å². The Kier molecular flexibility index (Phi) is 20.1. The Morgan fingerprint density at radius 1 is 0.925 bits per heavy atom. The van der Waals surface area contributed by atoms with E-state index in [2.05, 4.69) is 25.2 Å². The summed E-state index contributed by atoms with van der Waals surface area (Å²) in [5.41, 5.74) is 11.6. The van der Waals surface area contributed by atoms with Crippen LogP contribution in [0.4, 0.5) is 16.2 Å². The quantitative estimate of drug-likeness (QED) is 0.0478. The molecule has 0 aromatic heterocycles. The number of rotatable bonds is 23. The molecule has 5 rings (SSSR count). The number of sulfonamides is 2. The predicted molar refractivity (Wildman–Crippen MR) is 254 cm³/mol. The minimum atomic E-state index is -4.27. The predicted octanol–water partition coefficient (Wildman–Crippen LogP) is 6.06. The molecule has 20 heteroatoms. The maximum atomic E-state index is 13.9. The molecule has 6 N–H and O–H groups in total. The summed E-state index contributed by atoms with van der Waals surface area (Å²) < 4.78 is 73.2. The van der Waals surface area contributed by atoms with Gasteiger partial charge in [-0.15, -0.1) is 0 Å². The minimum Gasteiger partial charge on any atom is -0.443 e. The highest BCUT2D eigenvalue weighted by atomic mass is 32.2. The summed E-state index contributed by atoms with van der Waals surface area (Å²) >= 11 is 0. The Morgan fingerprint density at radius 2 is 1.49 bits per heavy atom. The third kappa shape index (κ3) is 16.5. The van der Waals surface area contributed by atoms with Crippen molar-refractivity contribution in [1.82, 2.24) is 13.9 Å². The number of hydrogen-bond acceptors (Lipinski definition) is 14. The number of nitro benzene ring substituents is 1. The molecule has 2 aliphatic rings. The number of benzene rings is 3.